The standard InChI is InChI=1S/C10H22N2O/c1-5-8(2)12-9(13)6-7-10(3,4)11/h8H,5-7,11H2,1-4H3,(H,12,13). The molecular formula is C10H22N2O. The second kappa shape index (κ2) is 5.22. The van der Waals surface area contributed by atoms with Crippen molar-refractivity contribution in [3.05, 3.63) is 0 Å². The van der Waals surface area contributed by atoms with Crippen LogP contribution in [0.5, 0.6) is 0 Å². The SMILES string of the molecule is CCC(C)NC(=O)CCC(C)(C)N. The molecule has 0 bridgehead atoms. The van der Waals surface area contributed by atoms with Gasteiger partial charge in [-0.15, -0.1) is 0 Å². The van der Waals surface area contributed by atoms with Gasteiger partial charge in [0, 0.05) is 18.0 Å². The fraction of sp³-hybridized carbons (Fsp3) is 0.900. The smallest absolute Gasteiger partial charge is 0.220 e. The van der Waals surface area contributed by atoms with Gasteiger partial charge in [-0.05, 0) is 33.6 Å². The van der Waals surface area contributed by atoms with Crippen molar-refractivity contribution in [2.45, 2.75) is 58.5 Å². The van der Waals surface area contributed by atoms with Gasteiger partial charge in [-0.3, -0.25) is 4.79 Å². The summed E-state index contributed by atoms with van der Waals surface area (Å²) in [6.45, 7) is 7.93. The maximum Gasteiger partial charge on any atom is 0.220 e. The Bertz CT molecular complexity index is 161. The molecule has 0 saturated heterocycles. The van der Waals surface area contributed by atoms with Gasteiger partial charge in [0.1, 0.15) is 0 Å². The maximum absolute atomic E-state index is 11.3. The Labute approximate surface area is 81.1 Å². The summed E-state index contributed by atoms with van der Waals surface area (Å²) in [5.74, 6) is 0.105. The van der Waals surface area contributed by atoms with Gasteiger partial charge in [-0.2, -0.15) is 0 Å². The molecule has 1 unspecified atom stereocenters. The highest BCUT2D eigenvalue weighted by atomic mass is 16.1. The highest BCUT2D eigenvalue weighted by Crippen LogP contribution is 2.06. The fourth-order valence-corrected chi connectivity index (χ4v) is 0.885. The largest absolute Gasteiger partial charge is 0.354 e. The van der Waals surface area contributed by atoms with E-state index in [0.717, 1.165) is 12.8 Å². The zero-order valence-corrected chi connectivity index (χ0v) is 9.18. The van der Waals surface area contributed by atoms with E-state index in [2.05, 4.69) is 12.2 Å². The van der Waals surface area contributed by atoms with Crippen molar-refractivity contribution >= 4 is 5.91 Å². The number of nitrogens with one attached hydrogen (secondary N) is 1. The van der Waals surface area contributed by atoms with Crippen molar-refractivity contribution in [3.8, 4) is 0 Å². The molecule has 0 rings (SSSR count). The van der Waals surface area contributed by atoms with E-state index in [-0.39, 0.29) is 17.5 Å². The second-order valence-corrected chi connectivity index (χ2v) is 4.37. The Morgan fingerprint density at radius 1 is 1.54 bits per heavy atom. The molecule has 0 aromatic carbocycles. The predicted molar refractivity (Wildman–Crippen MR) is 55.4 cm³/mol. The highest BCUT2D eigenvalue weighted by molar-refractivity contribution is 5.76. The van der Waals surface area contributed by atoms with Gasteiger partial charge in [0.05, 0.1) is 0 Å². The zero-order valence-electron chi connectivity index (χ0n) is 9.18. The minimum absolute atomic E-state index is 0.105. The Balaban J connectivity index is 3.64. The molecule has 0 radical (unpaired) electrons. The van der Waals surface area contributed by atoms with Gasteiger partial charge in [0.15, 0.2) is 0 Å². The van der Waals surface area contributed by atoms with Crippen molar-refractivity contribution < 1.29 is 4.79 Å². The molecule has 0 aliphatic rings. The summed E-state index contributed by atoms with van der Waals surface area (Å²) in [6.07, 6.45) is 2.22. The molecule has 0 saturated carbocycles. The summed E-state index contributed by atoms with van der Waals surface area (Å²) in [4.78, 5) is 11.3. The average molecular weight is 186 g/mol. The van der Waals surface area contributed by atoms with E-state index < -0.39 is 0 Å². The lowest BCUT2D eigenvalue weighted by Gasteiger charge is -2.18. The van der Waals surface area contributed by atoms with Crippen molar-refractivity contribution in [3.63, 3.8) is 0 Å². The molecule has 13 heavy (non-hydrogen) atoms. The molecule has 0 heterocycles. The van der Waals surface area contributed by atoms with Crippen LogP contribution >= 0.6 is 0 Å². The number of hydrogen-bond acceptors (Lipinski definition) is 2. The first-order valence-electron chi connectivity index (χ1n) is 4.93. The topological polar surface area (TPSA) is 55.1 Å². The third kappa shape index (κ3) is 7.78. The minimum Gasteiger partial charge on any atom is -0.354 e. The minimum atomic E-state index is -0.243. The van der Waals surface area contributed by atoms with E-state index in [1.807, 2.05) is 20.8 Å². The van der Waals surface area contributed by atoms with Crippen LogP contribution < -0.4 is 11.1 Å². The van der Waals surface area contributed by atoms with Gasteiger partial charge in [0.2, 0.25) is 5.91 Å². The molecule has 3 N–H and O–H groups in total. The van der Waals surface area contributed by atoms with Gasteiger partial charge in [0.25, 0.3) is 0 Å². The molecule has 1 atom stereocenters. The van der Waals surface area contributed by atoms with Gasteiger partial charge in [-0.25, -0.2) is 0 Å². The third-order valence-electron chi connectivity index (χ3n) is 2.02. The molecule has 3 nitrogen and oxygen atoms in total. The lowest BCUT2D eigenvalue weighted by Crippen LogP contribution is -2.36. The van der Waals surface area contributed by atoms with Crippen LogP contribution in [0.1, 0.15) is 47.0 Å². The van der Waals surface area contributed by atoms with E-state index in [1.54, 1.807) is 0 Å². The van der Waals surface area contributed by atoms with Gasteiger partial charge >= 0.3 is 0 Å². The van der Waals surface area contributed by atoms with Crippen LogP contribution in [-0.4, -0.2) is 17.5 Å². The van der Waals surface area contributed by atoms with Crippen LogP contribution in [0.15, 0.2) is 0 Å². The van der Waals surface area contributed by atoms with Crippen molar-refractivity contribution in [2.75, 3.05) is 0 Å². The van der Waals surface area contributed by atoms with E-state index in [4.69, 9.17) is 5.73 Å². The Hall–Kier alpha value is -0.570. The molecule has 78 valence electrons. The third-order valence-corrected chi connectivity index (χ3v) is 2.02. The fourth-order valence-electron chi connectivity index (χ4n) is 0.885. The molecule has 0 spiro atoms. The number of carbonyl (C=O) groups excluding carboxylic acids is 1. The molecule has 0 aliphatic heterocycles. The number of carbonyl (C=O) groups is 1. The van der Waals surface area contributed by atoms with Crippen molar-refractivity contribution in [1.82, 2.24) is 5.32 Å². The lowest BCUT2D eigenvalue weighted by atomic mass is 10.00. The van der Waals surface area contributed by atoms with Crippen LogP contribution in [0.3, 0.4) is 0 Å². The summed E-state index contributed by atoms with van der Waals surface area (Å²) in [6, 6.07) is 0.272. The van der Waals surface area contributed by atoms with Crippen LogP contribution in [-0.2, 0) is 4.79 Å². The summed E-state index contributed by atoms with van der Waals surface area (Å²) in [7, 11) is 0. The van der Waals surface area contributed by atoms with Gasteiger partial charge < -0.3 is 11.1 Å². The molecule has 3 heteroatoms. The molecule has 0 fully saturated rings. The van der Waals surface area contributed by atoms with Crippen LogP contribution in [0.2, 0.25) is 0 Å². The Morgan fingerprint density at radius 3 is 2.46 bits per heavy atom. The highest BCUT2D eigenvalue weighted by Gasteiger charge is 2.13. The van der Waals surface area contributed by atoms with E-state index in [0.29, 0.717) is 6.42 Å². The number of rotatable bonds is 5. The molecule has 0 aromatic heterocycles. The van der Waals surface area contributed by atoms with Gasteiger partial charge in [-0.1, -0.05) is 6.92 Å². The molecular weight excluding hydrogens is 164 g/mol. The van der Waals surface area contributed by atoms with Crippen LogP contribution in [0.4, 0.5) is 0 Å². The van der Waals surface area contributed by atoms with Crippen molar-refractivity contribution in [1.29, 1.82) is 0 Å². The summed E-state index contributed by atoms with van der Waals surface area (Å²) >= 11 is 0. The summed E-state index contributed by atoms with van der Waals surface area (Å²) in [5.41, 5.74) is 5.52. The monoisotopic (exact) mass is 186 g/mol. The van der Waals surface area contributed by atoms with Crippen molar-refractivity contribution in [2.24, 2.45) is 5.73 Å². The molecule has 0 aromatic rings. The van der Waals surface area contributed by atoms with E-state index in [9.17, 15) is 4.79 Å². The Morgan fingerprint density at radius 2 is 2.08 bits per heavy atom. The average Bonchev–Trinajstić information content (AvgIpc) is 1.99. The molecule has 0 aliphatic carbocycles. The predicted octanol–water partition coefficient (Wildman–Crippen LogP) is 1.42. The number of hydrogen-bond donors (Lipinski definition) is 2. The normalized spacial score (nSPS) is 13.9. The number of amides is 1. The summed E-state index contributed by atoms with van der Waals surface area (Å²) in [5, 5.41) is 2.91. The number of nitrogens with two attached hydrogens (primary N) is 1. The Kier molecular flexibility index (Phi) is 4.99. The summed E-state index contributed by atoms with van der Waals surface area (Å²) < 4.78 is 0. The zero-order chi connectivity index (χ0) is 10.5. The second-order valence-electron chi connectivity index (χ2n) is 4.37. The van der Waals surface area contributed by atoms with E-state index in [1.165, 1.54) is 0 Å². The van der Waals surface area contributed by atoms with Crippen LogP contribution in [0, 0.1) is 0 Å². The quantitative estimate of drug-likeness (QED) is 0.682. The van der Waals surface area contributed by atoms with E-state index >= 15 is 0 Å². The lowest BCUT2D eigenvalue weighted by molar-refractivity contribution is -0.122. The first kappa shape index (κ1) is 12.4. The molecule has 1 amide bonds. The van der Waals surface area contributed by atoms with Crippen LogP contribution in [0.25, 0.3) is 0 Å². The maximum atomic E-state index is 11.3. The first-order chi connectivity index (χ1) is 5.85. The first-order valence-corrected chi connectivity index (χ1v) is 4.93.